The van der Waals surface area contributed by atoms with Gasteiger partial charge in [0.2, 0.25) is 0 Å². The fourth-order valence-corrected chi connectivity index (χ4v) is 5.61. The quantitative estimate of drug-likeness (QED) is 0.755. The van der Waals surface area contributed by atoms with E-state index in [1.807, 2.05) is 0 Å². The molecule has 1 saturated heterocycles. The van der Waals surface area contributed by atoms with E-state index in [0.29, 0.717) is 11.3 Å². The average molecular weight is 267 g/mol. The molecule has 104 valence electrons. The molecule has 0 amide bonds. The molecule has 18 heavy (non-hydrogen) atoms. The molecule has 2 rings (SSSR count). The second-order valence-electron chi connectivity index (χ2n) is 6.21. The van der Waals surface area contributed by atoms with Gasteiger partial charge in [0.05, 0.1) is 5.37 Å². The van der Waals surface area contributed by atoms with Crippen molar-refractivity contribution in [3.8, 4) is 0 Å². The average Bonchev–Trinajstić information content (AvgIpc) is 2.67. The van der Waals surface area contributed by atoms with E-state index in [1.54, 1.807) is 0 Å². The third-order valence-corrected chi connectivity index (χ3v) is 6.87. The van der Waals surface area contributed by atoms with Gasteiger partial charge < -0.3 is 5.32 Å². The van der Waals surface area contributed by atoms with Crippen molar-refractivity contribution < 1.29 is 0 Å². The molecule has 0 aromatic heterocycles. The summed E-state index contributed by atoms with van der Waals surface area (Å²) < 4.78 is 0. The molecule has 1 aliphatic carbocycles. The fourth-order valence-electron chi connectivity index (χ4n) is 3.89. The molecule has 0 aromatic carbocycles. The first-order valence-corrected chi connectivity index (χ1v) is 8.63. The molecule has 2 heteroatoms. The summed E-state index contributed by atoms with van der Waals surface area (Å²) in [6.07, 6.45) is 8.66. The second kappa shape index (κ2) is 6.47. The van der Waals surface area contributed by atoms with E-state index in [-0.39, 0.29) is 0 Å². The molecular formula is C16H29NS. The number of hydrogen-bond donors (Lipinski definition) is 1. The smallest absolute Gasteiger partial charge is 0.0749 e. The van der Waals surface area contributed by atoms with Crippen molar-refractivity contribution >= 4 is 11.8 Å². The van der Waals surface area contributed by atoms with Crippen LogP contribution in [0.15, 0.2) is 12.2 Å². The minimum Gasteiger partial charge on any atom is -0.305 e. The maximum Gasteiger partial charge on any atom is 0.0749 e. The Labute approximate surface area is 117 Å². The van der Waals surface area contributed by atoms with Crippen molar-refractivity contribution in [1.82, 2.24) is 5.32 Å². The van der Waals surface area contributed by atoms with Gasteiger partial charge in [-0.1, -0.05) is 46.1 Å². The van der Waals surface area contributed by atoms with E-state index < -0.39 is 0 Å². The minimum atomic E-state index is 0.497. The van der Waals surface area contributed by atoms with Crippen molar-refractivity contribution in [3.05, 3.63) is 12.2 Å². The lowest BCUT2D eigenvalue weighted by Gasteiger charge is -2.34. The van der Waals surface area contributed by atoms with E-state index in [4.69, 9.17) is 0 Å². The van der Waals surface area contributed by atoms with Crippen LogP contribution in [0, 0.1) is 17.8 Å². The summed E-state index contributed by atoms with van der Waals surface area (Å²) in [7, 11) is 2.07. The topological polar surface area (TPSA) is 12.0 Å². The summed E-state index contributed by atoms with van der Waals surface area (Å²) in [5.41, 5.74) is 1.42. The number of likely N-dealkylation sites (N-methyl/N-ethyl adjacent to an activating group) is 1. The van der Waals surface area contributed by atoms with Gasteiger partial charge in [0, 0.05) is 5.25 Å². The minimum absolute atomic E-state index is 0.497. The van der Waals surface area contributed by atoms with Crippen LogP contribution in [0.3, 0.4) is 0 Å². The van der Waals surface area contributed by atoms with Crippen LogP contribution in [0.5, 0.6) is 0 Å². The molecular weight excluding hydrogens is 238 g/mol. The molecule has 1 heterocycles. The Morgan fingerprint density at radius 3 is 2.78 bits per heavy atom. The summed E-state index contributed by atoms with van der Waals surface area (Å²) in [5.74, 6) is 2.63. The zero-order valence-electron chi connectivity index (χ0n) is 12.2. The third kappa shape index (κ3) is 2.96. The van der Waals surface area contributed by atoms with Crippen molar-refractivity contribution in [2.24, 2.45) is 17.8 Å². The highest BCUT2D eigenvalue weighted by atomic mass is 32.2. The SMILES string of the molecule is C=C1C(NC)SC(C2CCCC(CCC)C2)C1C. The van der Waals surface area contributed by atoms with E-state index >= 15 is 0 Å². The molecule has 5 atom stereocenters. The van der Waals surface area contributed by atoms with Gasteiger partial charge in [-0.3, -0.25) is 0 Å². The van der Waals surface area contributed by atoms with Crippen LogP contribution >= 0.6 is 11.8 Å². The first-order chi connectivity index (χ1) is 8.67. The summed E-state index contributed by atoms with van der Waals surface area (Å²) in [6, 6.07) is 0. The molecule has 0 bridgehead atoms. The van der Waals surface area contributed by atoms with Gasteiger partial charge in [0.1, 0.15) is 0 Å². The van der Waals surface area contributed by atoms with Crippen LogP contribution in [-0.4, -0.2) is 17.7 Å². The van der Waals surface area contributed by atoms with Crippen molar-refractivity contribution in [1.29, 1.82) is 0 Å². The first kappa shape index (κ1) is 14.5. The van der Waals surface area contributed by atoms with Gasteiger partial charge in [-0.25, -0.2) is 0 Å². The summed E-state index contributed by atoms with van der Waals surface area (Å²) in [4.78, 5) is 0. The Hall–Kier alpha value is 0.0500. The van der Waals surface area contributed by atoms with Gasteiger partial charge >= 0.3 is 0 Å². The molecule has 1 aliphatic heterocycles. The number of rotatable bonds is 4. The molecule has 1 nitrogen and oxygen atoms in total. The van der Waals surface area contributed by atoms with Crippen molar-refractivity contribution in [2.75, 3.05) is 7.05 Å². The third-order valence-electron chi connectivity index (χ3n) is 4.95. The Morgan fingerprint density at radius 2 is 2.17 bits per heavy atom. The number of thioether (sulfide) groups is 1. The zero-order valence-corrected chi connectivity index (χ0v) is 13.1. The molecule has 2 aliphatic rings. The van der Waals surface area contributed by atoms with E-state index in [1.165, 1.54) is 44.1 Å². The second-order valence-corrected chi connectivity index (χ2v) is 7.50. The highest BCUT2D eigenvalue weighted by Gasteiger charge is 2.40. The van der Waals surface area contributed by atoms with Crippen LogP contribution in [-0.2, 0) is 0 Å². The number of hydrogen-bond acceptors (Lipinski definition) is 2. The largest absolute Gasteiger partial charge is 0.305 e. The van der Waals surface area contributed by atoms with Crippen LogP contribution in [0.25, 0.3) is 0 Å². The van der Waals surface area contributed by atoms with Crippen molar-refractivity contribution in [3.63, 3.8) is 0 Å². The molecule has 2 fully saturated rings. The standard InChI is InChI=1S/C16H29NS/c1-5-7-13-8-6-9-14(10-13)15-11(2)12(3)16(17-4)18-15/h11,13-17H,3,5-10H2,1-2,4H3. The summed E-state index contributed by atoms with van der Waals surface area (Å²) in [6.45, 7) is 9.02. The highest BCUT2D eigenvalue weighted by Crippen LogP contribution is 2.48. The van der Waals surface area contributed by atoms with Gasteiger partial charge in [0.15, 0.2) is 0 Å². The predicted octanol–water partition coefficient (Wildman–Crippen LogP) is 4.45. The Kier molecular flexibility index (Phi) is 5.20. The van der Waals surface area contributed by atoms with Crippen LogP contribution in [0.4, 0.5) is 0 Å². The van der Waals surface area contributed by atoms with Crippen molar-refractivity contribution in [2.45, 2.75) is 63.0 Å². The Bertz CT molecular complexity index is 287. The van der Waals surface area contributed by atoms with E-state index in [9.17, 15) is 0 Å². The first-order valence-electron chi connectivity index (χ1n) is 7.68. The fraction of sp³-hybridized carbons (Fsp3) is 0.875. The lowest BCUT2D eigenvalue weighted by atomic mass is 9.75. The van der Waals surface area contributed by atoms with Crippen LogP contribution in [0.1, 0.15) is 52.4 Å². The molecule has 1 N–H and O–H groups in total. The lowest BCUT2D eigenvalue weighted by molar-refractivity contribution is 0.237. The Morgan fingerprint density at radius 1 is 1.39 bits per heavy atom. The maximum atomic E-state index is 4.30. The van der Waals surface area contributed by atoms with Gasteiger partial charge in [-0.2, -0.15) is 0 Å². The number of nitrogens with one attached hydrogen (secondary N) is 1. The zero-order chi connectivity index (χ0) is 13.1. The van der Waals surface area contributed by atoms with E-state index in [0.717, 1.165) is 17.1 Å². The van der Waals surface area contributed by atoms with Crippen LogP contribution in [0.2, 0.25) is 0 Å². The summed E-state index contributed by atoms with van der Waals surface area (Å²) in [5, 5.41) is 4.72. The lowest BCUT2D eigenvalue weighted by Crippen LogP contribution is -2.27. The molecule has 1 saturated carbocycles. The Balaban J connectivity index is 1.96. The van der Waals surface area contributed by atoms with Gasteiger partial charge in [-0.15, -0.1) is 11.8 Å². The monoisotopic (exact) mass is 267 g/mol. The van der Waals surface area contributed by atoms with Crippen LogP contribution < -0.4 is 5.32 Å². The maximum absolute atomic E-state index is 4.30. The summed E-state index contributed by atoms with van der Waals surface area (Å²) >= 11 is 2.14. The molecule has 0 spiro atoms. The van der Waals surface area contributed by atoms with E-state index in [2.05, 4.69) is 44.6 Å². The highest BCUT2D eigenvalue weighted by molar-refractivity contribution is 8.01. The molecule has 0 aromatic rings. The van der Waals surface area contributed by atoms with Gasteiger partial charge in [-0.05, 0) is 43.2 Å². The van der Waals surface area contributed by atoms with Gasteiger partial charge in [0.25, 0.3) is 0 Å². The normalized spacial score (nSPS) is 41.3. The predicted molar refractivity (Wildman–Crippen MR) is 82.9 cm³/mol. The molecule has 5 unspecified atom stereocenters. The molecule has 0 radical (unpaired) electrons.